The molecule has 5 nitrogen and oxygen atoms in total. The fourth-order valence-electron chi connectivity index (χ4n) is 2.39. The molecule has 1 fully saturated rings. The van der Waals surface area contributed by atoms with Gasteiger partial charge in [-0.25, -0.2) is 9.97 Å². The molecule has 1 saturated heterocycles. The van der Waals surface area contributed by atoms with Crippen LogP contribution >= 0.6 is 11.6 Å². The summed E-state index contributed by atoms with van der Waals surface area (Å²) in [5.74, 6) is 0.417. The van der Waals surface area contributed by atoms with Crippen molar-refractivity contribution in [3.63, 3.8) is 0 Å². The minimum absolute atomic E-state index is 0.0309. The number of halogens is 1. The summed E-state index contributed by atoms with van der Waals surface area (Å²) in [5.41, 5.74) is -0.452. The van der Waals surface area contributed by atoms with E-state index in [0.717, 1.165) is 32.2 Å². The third-order valence-electron chi connectivity index (χ3n) is 3.22. The highest BCUT2D eigenvalue weighted by molar-refractivity contribution is 6.28. The summed E-state index contributed by atoms with van der Waals surface area (Å²) in [6.45, 7) is 2.97. The van der Waals surface area contributed by atoms with Crippen molar-refractivity contribution in [3.8, 4) is 0 Å². The smallest absolute Gasteiger partial charge is 0.245 e. The van der Waals surface area contributed by atoms with E-state index in [9.17, 15) is 4.79 Å². The molecule has 98 valence electrons. The van der Waals surface area contributed by atoms with E-state index in [4.69, 9.17) is 11.6 Å². The van der Waals surface area contributed by atoms with E-state index in [1.54, 1.807) is 6.07 Å². The Morgan fingerprint density at radius 1 is 1.67 bits per heavy atom. The number of hydrogen-bond acceptors (Lipinski definition) is 4. The van der Waals surface area contributed by atoms with Crippen LogP contribution in [0.4, 0.5) is 5.82 Å². The lowest BCUT2D eigenvalue weighted by molar-refractivity contribution is -0.122. The molecular formula is C12H17ClN4O. The van der Waals surface area contributed by atoms with Gasteiger partial charge in [0.15, 0.2) is 0 Å². The summed E-state index contributed by atoms with van der Waals surface area (Å²) >= 11 is 5.69. The summed E-state index contributed by atoms with van der Waals surface area (Å²) in [7, 11) is 0. The second-order valence-corrected chi connectivity index (χ2v) is 4.87. The third-order valence-corrected chi connectivity index (χ3v) is 3.41. The molecule has 1 amide bonds. The maximum Gasteiger partial charge on any atom is 0.245 e. The number of carbonyl (C=O) groups excluding carboxylic acids is 1. The molecule has 1 aromatic rings. The number of carbonyl (C=O) groups is 1. The second kappa shape index (κ2) is 5.63. The van der Waals surface area contributed by atoms with Gasteiger partial charge in [-0.05, 0) is 43.5 Å². The monoisotopic (exact) mass is 268 g/mol. The number of nitrogens with zero attached hydrogens (tertiary/aromatic N) is 2. The van der Waals surface area contributed by atoms with Crippen LogP contribution in [-0.2, 0) is 4.79 Å². The minimum Gasteiger partial charge on any atom is -0.309 e. The summed E-state index contributed by atoms with van der Waals surface area (Å²) in [6.07, 6.45) is 5.21. The predicted octanol–water partition coefficient (Wildman–Crippen LogP) is 1.99. The van der Waals surface area contributed by atoms with Crippen molar-refractivity contribution in [2.75, 3.05) is 11.9 Å². The predicted molar refractivity (Wildman–Crippen MR) is 70.5 cm³/mol. The molecule has 1 unspecified atom stereocenters. The maximum atomic E-state index is 12.4. The highest BCUT2D eigenvalue weighted by atomic mass is 35.5. The molecule has 0 radical (unpaired) electrons. The van der Waals surface area contributed by atoms with Crippen LogP contribution in [0.15, 0.2) is 12.3 Å². The van der Waals surface area contributed by atoms with Crippen molar-refractivity contribution in [1.82, 2.24) is 15.3 Å². The zero-order valence-corrected chi connectivity index (χ0v) is 11.1. The lowest BCUT2D eigenvalue weighted by atomic mass is 9.91. The van der Waals surface area contributed by atoms with E-state index in [1.807, 2.05) is 0 Å². The summed E-state index contributed by atoms with van der Waals surface area (Å²) in [6, 6.07) is 1.64. The van der Waals surface area contributed by atoms with Gasteiger partial charge in [0.2, 0.25) is 11.2 Å². The molecule has 0 aromatic carbocycles. The molecule has 18 heavy (non-hydrogen) atoms. The van der Waals surface area contributed by atoms with Gasteiger partial charge in [-0.15, -0.1) is 0 Å². The Kier molecular flexibility index (Phi) is 4.14. The van der Waals surface area contributed by atoms with E-state index >= 15 is 0 Å². The Morgan fingerprint density at radius 2 is 2.50 bits per heavy atom. The molecule has 1 aromatic heterocycles. The average molecular weight is 269 g/mol. The van der Waals surface area contributed by atoms with E-state index in [0.29, 0.717) is 5.82 Å². The molecule has 2 heterocycles. The van der Waals surface area contributed by atoms with Gasteiger partial charge in [0.05, 0.1) is 5.54 Å². The van der Waals surface area contributed by atoms with Crippen LogP contribution in [0.2, 0.25) is 5.28 Å². The minimum atomic E-state index is -0.452. The van der Waals surface area contributed by atoms with Crippen LogP contribution in [0.5, 0.6) is 0 Å². The highest BCUT2D eigenvalue weighted by Crippen LogP contribution is 2.26. The van der Waals surface area contributed by atoms with Crippen LogP contribution in [0, 0.1) is 0 Å². The van der Waals surface area contributed by atoms with E-state index in [-0.39, 0.29) is 11.2 Å². The van der Waals surface area contributed by atoms with E-state index in [2.05, 4.69) is 27.5 Å². The lowest BCUT2D eigenvalue weighted by Gasteiger charge is -2.27. The summed E-state index contributed by atoms with van der Waals surface area (Å²) in [5, 5.41) is 6.27. The van der Waals surface area contributed by atoms with Crippen LogP contribution in [0.3, 0.4) is 0 Å². The zero-order chi connectivity index (χ0) is 13.0. The third kappa shape index (κ3) is 2.79. The second-order valence-electron chi connectivity index (χ2n) is 4.53. The standard InChI is InChI=1S/C12H17ClN4O/c1-2-5-12(6-3-7-15-12)10(18)16-9-4-8-14-11(13)17-9/h4,8,15H,2-3,5-7H2,1H3,(H,14,16,17,18). The van der Waals surface area contributed by atoms with Crippen molar-refractivity contribution in [2.45, 2.75) is 38.1 Å². The highest BCUT2D eigenvalue weighted by Gasteiger charge is 2.39. The maximum absolute atomic E-state index is 12.4. The van der Waals surface area contributed by atoms with E-state index < -0.39 is 5.54 Å². The molecule has 1 atom stereocenters. The molecule has 0 spiro atoms. The fourth-order valence-corrected chi connectivity index (χ4v) is 2.54. The van der Waals surface area contributed by atoms with Gasteiger partial charge in [-0.2, -0.15) is 0 Å². The number of hydrogen-bond donors (Lipinski definition) is 2. The largest absolute Gasteiger partial charge is 0.309 e. The van der Waals surface area contributed by atoms with Gasteiger partial charge in [-0.3, -0.25) is 4.79 Å². The number of nitrogens with one attached hydrogen (secondary N) is 2. The van der Waals surface area contributed by atoms with E-state index in [1.165, 1.54) is 6.20 Å². The van der Waals surface area contributed by atoms with Crippen molar-refractivity contribution < 1.29 is 4.79 Å². The Bertz CT molecular complexity index is 432. The van der Waals surface area contributed by atoms with Crippen LogP contribution in [0.25, 0.3) is 0 Å². The van der Waals surface area contributed by atoms with Gasteiger partial charge in [-0.1, -0.05) is 13.3 Å². The van der Waals surface area contributed by atoms with Gasteiger partial charge >= 0.3 is 0 Å². The zero-order valence-electron chi connectivity index (χ0n) is 10.4. The molecule has 1 aliphatic heterocycles. The first kappa shape index (κ1) is 13.2. The molecule has 2 N–H and O–H groups in total. The van der Waals surface area contributed by atoms with Gasteiger partial charge in [0.1, 0.15) is 5.82 Å². The molecule has 6 heteroatoms. The van der Waals surface area contributed by atoms with Crippen LogP contribution in [0.1, 0.15) is 32.6 Å². The van der Waals surface area contributed by atoms with Gasteiger partial charge in [0.25, 0.3) is 0 Å². The Balaban J connectivity index is 2.10. The summed E-state index contributed by atoms with van der Waals surface area (Å²) in [4.78, 5) is 20.1. The van der Waals surface area contributed by atoms with Gasteiger partial charge < -0.3 is 10.6 Å². The Hall–Kier alpha value is -1.20. The molecule has 1 aliphatic rings. The average Bonchev–Trinajstić information content (AvgIpc) is 2.79. The molecule has 0 saturated carbocycles. The van der Waals surface area contributed by atoms with Crippen LogP contribution < -0.4 is 10.6 Å². The van der Waals surface area contributed by atoms with Crippen molar-refractivity contribution >= 4 is 23.3 Å². The topological polar surface area (TPSA) is 66.9 Å². The first-order valence-corrected chi connectivity index (χ1v) is 6.59. The SMILES string of the molecule is CCCC1(C(=O)Nc2ccnc(Cl)n2)CCCN1. The Labute approximate surface area is 111 Å². The number of aromatic nitrogens is 2. The summed E-state index contributed by atoms with van der Waals surface area (Å²) < 4.78 is 0. The normalized spacial score (nSPS) is 23.0. The quantitative estimate of drug-likeness (QED) is 0.820. The first-order chi connectivity index (χ1) is 8.66. The van der Waals surface area contributed by atoms with Gasteiger partial charge in [0, 0.05) is 6.20 Å². The molecule has 2 rings (SSSR count). The van der Waals surface area contributed by atoms with Crippen molar-refractivity contribution in [3.05, 3.63) is 17.5 Å². The first-order valence-electron chi connectivity index (χ1n) is 6.21. The molecule has 0 aliphatic carbocycles. The van der Waals surface area contributed by atoms with Crippen LogP contribution in [-0.4, -0.2) is 28.0 Å². The Morgan fingerprint density at radius 3 is 3.11 bits per heavy atom. The number of anilines is 1. The lowest BCUT2D eigenvalue weighted by Crippen LogP contribution is -2.50. The van der Waals surface area contributed by atoms with Crippen molar-refractivity contribution in [1.29, 1.82) is 0 Å². The number of rotatable bonds is 4. The molecular weight excluding hydrogens is 252 g/mol. The number of amides is 1. The fraction of sp³-hybridized carbons (Fsp3) is 0.583. The molecule has 0 bridgehead atoms. The van der Waals surface area contributed by atoms with Crippen molar-refractivity contribution in [2.24, 2.45) is 0 Å².